The van der Waals surface area contributed by atoms with Crippen LogP contribution in [0.5, 0.6) is 0 Å². The van der Waals surface area contributed by atoms with Gasteiger partial charge in [-0.1, -0.05) is 12.1 Å². The summed E-state index contributed by atoms with van der Waals surface area (Å²) in [6.45, 7) is 6.05. The Balaban J connectivity index is 2.76. The quantitative estimate of drug-likeness (QED) is 0.753. The second kappa shape index (κ2) is 5.93. The van der Waals surface area contributed by atoms with E-state index in [1.54, 1.807) is 6.92 Å². The van der Waals surface area contributed by atoms with E-state index in [1.165, 1.54) is 0 Å². The average Bonchev–Trinajstić information content (AvgIpc) is 2.73. The molecule has 0 fully saturated rings. The van der Waals surface area contributed by atoms with Gasteiger partial charge in [0.1, 0.15) is 12.1 Å². The molecule has 0 saturated heterocycles. The molecule has 0 aliphatic rings. The van der Waals surface area contributed by atoms with E-state index in [2.05, 4.69) is 10.1 Å². The number of aromatic nitrogens is 2. The zero-order valence-corrected chi connectivity index (χ0v) is 9.88. The summed E-state index contributed by atoms with van der Waals surface area (Å²) in [4.78, 5) is 4.13. The lowest BCUT2D eigenvalue weighted by atomic mass is 10.2. The molecule has 0 radical (unpaired) electrons. The van der Waals surface area contributed by atoms with Crippen molar-refractivity contribution in [2.24, 2.45) is 5.73 Å². The van der Waals surface area contributed by atoms with Gasteiger partial charge in [0, 0.05) is 6.61 Å². The Labute approximate surface area is 94.8 Å². The van der Waals surface area contributed by atoms with E-state index < -0.39 is 12.1 Å². The van der Waals surface area contributed by atoms with Gasteiger partial charge in [0.25, 0.3) is 0 Å². The SMILES string of the molecule is CCOC(CC)c1noc([C@@H](N)[C@@H](C)O)n1. The minimum Gasteiger partial charge on any atom is -0.391 e. The topological polar surface area (TPSA) is 94.4 Å². The molecule has 1 aromatic rings. The molecule has 1 heterocycles. The Morgan fingerprint density at radius 3 is 2.69 bits per heavy atom. The molecule has 1 unspecified atom stereocenters. The van der Waals surface area contributed by atoms with Crippen LogP contribution in [-0.2, 0) is 4.74 Å². The first-order valence-electron chi connectivity index (χ1n) is 5.48. The second-order valence-corrected chi connectivity index (χ2v) is 3.61. The normalized spacial score (nSPS) is 17.1. The van der Waals surface area contributed by atoms with Crippen LogP contribution >= 0.6 is 0 Å². The van der Waals surface area contributed by atoms with Gasteiger partial charge in [-0.2, -0.15) is 4.98 Å². The average molecular weight is 229 g/mol. The number of nitrogens with two attached hydrogens (primary N) is 1. The van der Waals surface area contributed by atoms with E-state index in [9.17, 15) is 5.11 Å². The zero-order valence-electron chi connectivity index (χ0n) is 9.88. The number of aliphatic hydroxyl groups excluding tert-OH is 1. The van der Waals surface area contributed by atoms with Crippen molar-refractivity contribution < 1.29 is 14.4 Å². The number of hydrogen-bond acceptors (Lipinski definition) is 6. The largest absolute Gasteiger partial charge is 0.391 e. The zero-order chi connectivity index (χ0) is 12.1. The summed E-state index contributed by atoms with van der Waals surface area (Å²) in [7, 11) is 0. The molecule has 16 heavy (non-hydrogen) atoms. The van der Waals surface area contributed by atoms with Gasteiger partial charge in [0.2, 0.25) is 11.7 Å². The smallest absolute Gasteiger partial charge is 0.246 e. The van der Waals surface area contributed by atoms with Crippen LogP contribution in [0.15, 0.2) is 4.52 Å². The van der Waals surface area contributed by atoms with Crippen molar-refractivity contribution in [2.75, 3.05) is 6.61 Å². The summed E-state index contributed by atoms with van der Waals surface area (Å²) >= 11 is 0. The first-order valence-corrected chi connectivity index (χ1v) is 5.48. The number of rotatable bonds is 6. The number of ether oxygens (including phenoxy) is 1. The standard InChI is InChI=1S/C10H19N3O3/c1-4-7(15-5-2)9-12-10(16-13-9)8(11)6(3)14/h6-8,14H,4-5,11H2,1-3H3/t6-,7?,8+/m1/s1. The number of hydrogen-bond donors (Lipinski definition) is 2. The van der Waals surface area contributed by atoms with Crippen LogP contribution in [0.3, 0.4) is 0 Å². The molecule has 0 saturated carbocycles. The van der Waals surface area contributed by atoms with E-state index in [4.69, 9.17) is 15.0 Å². The van der Waals surface area contributed by atoms with Crippen molar-refractivity contribution in [1.29, 1.82) is 0 Å². The van der Waals surface area contributed by atoms with Crippen LogP contribution < -0.4 is 5.73 Å². The Bertz CT molecular complexity index is 314. The third-order valence-electron chi connectivity index (χ3n) is 2.29. The lowest BCUT2D eigenvalue weighted by Crippen LogP contribution is -2.23. The Morgan fingerprint density at radius 2 is 2.19 bits per heavy atom. The highest BCUT2D eigenvalue weighted by atomic mass is 16.5. The van der Waals surface area contributed by atoms with Crippen molar-refractivity contribution in [1.82, 2.24) is 10.1 Å². The highest BCUT2D eigenvalue weighted by molar-refractivity contribution is 4.96. The molecule has 0 aliphatic carbocycles. The lowest BCUT2D eigenvalue weighted by Gasteiger charge is -2.10. The summed E-state index contributed by atoms with van der Waals surface area (Å²) in [5, 5.41) is 13.1. The van der Waals surface area contributed by atoms with Crippen LogP contribution in [-0.4, -0.2) is 28.0 Å². The predicted octanol–water partition coefficient (Wildman–Crippen LogP) is 0.938. The Hall–Kier alpha value is -0.980. The number of aliphatic hydroxyl groups is 1. The van der Waals surface area contributed by atoms with E-state index >= 15 is 0 Å². The molecule has 6 heteroatoms. The summed E-state index contributed by atoms with van der Waals surface area (Å²) in [5.41, 5.74) is 5.68. The Morgan fingerprint density at radius 1 is 1.50 bits per heavy atom. The van der Waals surface area contributed by atoms with Crippen LogP contribution in [0.1, 0.15) is 51.1 Å². The van der Waals surface area contributed by atoms with Gasteiger partial charge >= 0.3 is 0 Å². The maximum atomic E-state index is 9.30. The van der Waals surface area contributed by atoms with Crippen molar-refractivity contribution >= 4 is 0 Å². The van der Waals surface area contributed by atoms with Crippen molar-refractivity contribution in [3.05, 3.63) is 11.7 Å². The van der Waals surface area contributed by atoms with Crippen LogP contribution in [0.25, 0.3) is 0 Å². The first-order chi connectivity index (χ1) is 7.60. The number of nitrogens with zero attached hydrogens (tertiary/aromatic N) is 2. The maximum absolute atomic E-state index is 9.30. The third-order valence-corrected chi connectivity index (χ3v) is 2.29. The van der Waals surface area contributed by atoms with Crippen molar-refractivity contribution in [3.63, 3.8) is 0 Å². The second-order valence-electron chi connectivity index (χ2n) is 3.61. The minimum absolute atomic E-state index is 0.177. The minimum atomic E-state index is -0.722. The molecule has 1 aromatic heterocycles. The molecular formula is C10H19N3O3. The van der Waals surface area contributed by atoms with Gasteiger partial charge in [-0.3, -0.25) is 0 Å². The molecule has 0 amide bonds. The fraction of sp³-hybridized carbons (Fsp3) is 0.800. The van der Waals surface area contributed by atoms with Gasteiger partial charge in [0.05, 0.1) is 6.10 Å². The fourth-order valence-electron chi connectivity index (χ4n) is 1.30. The molecule has 3 atom stereocenters. The summed E-state index contributed by atoms with van der Waals surface area (Å²) in [6, 6.07) is -0.652. The van der Waals surface area contributed by atoms with Gasteiger partial charge in [0.15, 0.2) is 0 Å². The van der Waals surface area contributed by atoms with Crippen molar-refractivity contribution in [2.45, 2.75) is 45.4 Å². The van der Waals surface area contributed by atoms with E-state index in [-0.39, 0.29) is 12.0 Å². The molecule has 0 aliphatic heterocycles. The van der Waals surface area contributed by atoms with Crippen LogP contribution in [0, 0.1) is 0 Å². The van der Waals surface area contributed by atoms with Crippen LogP contribution in [0.2, 0.25) is 0 Å². The molecule has 92 valence electrons. The summed E-state index contributed by atoms with van der Waals surface area (Å²) < 4.78 is 10.4. The molecule has 6 nitrogen and oxygen atoms in total. The van der Waals surface area contributed by atoms with Gasteiger partial charge in [-0.05, 0) is 20.3 Å². The van der Waals surface area contributed by atoms with Gasteiger partial charge < -0.3 is 20.1 Å². The van der Waals surface area contributed by atoms with Gasteiger partial charge in [-0.25, -0.2) is 0 Å². The monoisotopic (exact) mass is 229 g/mol. The highest BCUT2D eigenvalue weighted by Gasteiger charge is 2.22. The lowest BCUT2D eigenvalue weighted by molar-refractivity contribution is 0.0518. The molecule has 1 rings (SSSR count). The van der Waals surface area contributed by atoms with Crippen molar-refractivity contribution in [3.8, 4) is 0 Å². The molecular weight excluding hydrogens is 210 g/mol. The molecule has 0 aromatic carbocycles. The molecule has 3 N–H and O–H groups in total. The fourth-order valence-corrected chi connectivity index (χ4v) is 1.30. The van der Waals surface area contributed by atoms with E-state index in [1.807, 2.05) is 13.8 Å². The summed E-state index contributed by atoms with van der Waals surface area (Å²) in [6.07, 6.45) is -0.138. The predicted molar refractivity (Wildman–Crippen MR) is 57.6 cm³/mol. The summed E-state index contributed by atoms with van der Waals surface area (Å²) in [5.74, 6) is 0.721. The third kappa shape index (κ3) is 3.01. The van der Waals surface area contributed by atoms with Gasteiger partial charge in [-0.15, -0.1) is 0 Å². The molecule has 0 spiro atoms. The van der Waals surface area contributed by atoms with E-state index in [0.29, 0.717) is 12.4 Å². The first kappa shape index (κ1) is 13.1. The maximum Gasteiger partial charge on any atom is 0.246 e. The highest BCUT2D eigenvalue weighted by Crippen LogP contribution is 2.20. The molecule has 0 bridgehead atoms. The van der Waals surface area contributed by atoms with E-state index in [0.717, 1.165) is 6.42 Å². The van der Waals surface area contributed by atoms with Crippen LogP contribution in [0.4, 0.5) is 0 Å². The Kier molecular flexibility index (Phi) is 4.85.